The first kappa shape index (κ1) is 20.6. The minimum Gasteiger partial charge on any atom is -0.493 e. The van der Waals surface area contributed by atoms with Crippen LogP contribution in [0.15, 0.2) is 71.5 Å². The van der Waals surface area contributed by atoms with E-state index in [2.05, 4.69) is 58.6 Å². The highest BCUT2D eigenvalue weighted by molar-refractivity contribution is 5.81. The molecule has 6 heteroatoms. The fourth-order valence-corrected chi connectivity index (χ4v) is 3.56. The second-order valence-electron chi connectivity index (χ2n) is 7.33. The van der Waals surface area contributed by atoms with Gasteiger partial charge >= 0.3 is 0 Å². The van der Waals surface area contributed by atoms with Crippen molar-refractivity contribution in [3.05, 3.63) is 88.5 Å². The van der Waals surface area contributed by atoms with Gasteiger partial charge in [0.25, 0.3) is 5.56 Å². The van der Waals surface area contributed by atoms with Crippen LogP contribution in [0.25, 0.3) is 22.0 Å². The Kier molecular flexibility index (Phi) is 6.00. The van der Waals surface area contributed by atoms with Crippen LogP contribution in [0.5, 0.6) is 11.5 Å². The smallest absolute Gasteiger partial charge is 0.258 e. The SMILES string of the molecule is COc1cc2nc(CN[C@H](C)c3ccc(-c4ccccc4)cc3)[nH]c(=O)c2cc1OC. The van der Waals surface area contributed by atoms with Crippen LogP contribution in [0.1, 0.15) is 24.4 Å². The van der Waals surface area contributed by atoms with Gasteiger partial charge < -0.3 is 19.8 Å². The number of nitrogens with one attached hydrogen (secondary N) is 2. The third-order valence-corrected chi connectivity index (χ3v) is 5.35. The molecule has 0 aliphatic heterocycles. The average Bonchev–Trinajstić information content (AvgIpc) is 2.82. The number of benzene rings is 3. The second kappa shape index (κ2) is 9.02. The van der Waals surface area contributed by atoms with Crippen molar-refractivity contribution in [3.8, 4) is 22.6 Å². The molecule has 1 atom stereocenters. The first-order valence-electron chi connectivity index (χ1n) is 10.1. The molecule has 6 nitrogen and oxygen atoms in total. The summed E-state index contributed by atoms with van der Waals surface area (Å²) in [5, 5.41) is 3.89. The van der Waals surface area contributed by atoms with Gasteiger partial charge in [-0.25, -0.2) is 4.98 Å². The maximum atomic E-state index is 12.5. The zero-order valence-corrected chi connectivity index (χ0v) is 17.8. The number of nitrogens with zero attached hydrogens (tertiary/aromatic N) is 1. The topological polar surface area (TPSA) is 76.2 Å². The number of ether oxygens (including phenoxy) is 2. The van der Waals surface area contributed by atoms with Gasteiger partial charge in [-0.05, 0) is 29.7 Å². The van der Waals surface area contributed by atoms with E-state index >= 15 is 0 Å². The van der Waals surface area contributed by atoms with E-state index in [1.165, 1.54) is 18.2 Å². The van der Waals surface area contributed by atoms with Gasteiger partial charge in [0.2, 0.25) is 0 Å². The van der Waals surface area contributed by atoms with Gasteiger partial charge in [0.1, 0.15) is 5.82 Å². The minimum absolute atomic E-state index is 0.0937. The molecular formula is C25H25N3O3. The molecule has 0 bridgehead atoms. The Hall–Kier alpha value is -3.64. The van der Waals surface area contributed by atoms with Gasteiger partial charge in [0.05, 0.1) is 31.7 Å². The quantitative estimate of drug-likeness (QED) is 0.466. The minimum atomic E-state index is -0.206. The first-order valence-corrected chi connectivity index (χ1v) is 10.1. The van der Waals surface area contributed by atoms with E-state index in [-0.39, 0.29) is 11.6 Å². The van der Waals surface area contributed by atoms with E-state index in [1.54, 1.807) is 19.2 Å². The normalized spacial score (nSPS) is 12.0. The predicted molar refractivity (Wildman–Crippen MR) is 123 cm³/mol. The van der Waals surface area contributed by atoms with Crippen molar-refractivity contribution in [2.24, 2.45) is 0 Å². The van der Waals surface area contributed by atoms with Gasteiger partial charge in [0.15, 0.2) is 11.5 Å². The molecule has 0 unspecified atom stereocenters. The van der Waals surface area contributed by atoms with Crippen LogP contribution in [0.4, 0.5) is 0 Å². The van der Waals surface area contributed by atoms with Crippen molar-refractivity contribution in [3.63, 3.8) is 0 Å². The molecule has 2 N–H and O–H groups in total. The second-order valence-corrected chi connectivity index (χ2v) is 7.33. The largest absolute Gasteiger partial charge is 0.493 e. The number of fused-ring (bicyclic) bond motifs is 1. The van der Waals surface area contributed by atoms with Crippen LogP contribution in [-0.2, 0) is 6.54 Å². The van der Waals surface area contributed by atoms with E-state index in [0.29, 0.717) is 34.8 Å². The van der Waals surface area contributed by atoms with Gasteiger partial charge in [-0.15, -0.1) is 0 Å². The third kappa shape index (κ3) is 4.44. The summed E-state index contributed by atoms with van der Waals surface area (Å²) in [5.41, 5.74) is 3.90. The lowest BCUT2D eigenvalue weighted by Crippen LogP contribution is -2.22. The molecule has 1 aromatic heterocycles. The third-order valence-electron chi connectivity index (χ3n) is 5.35. The summed E-state index contributed by atoms with van der Waals surface area (Å²) in [6, 6.07) is 22.2. The Morgan fingerprint density at radius 1 is 0.935 bits per heavy atom. The molecule has 0 saturated heterocycles. The maximum absolute atomic E-state index is 12.5. The monoisotopic (exact) mass is 415 g/mol. The molecule has 0 saturated carbocycles. The standard InChI is InChI=1S/C25H25N3O3/c1-16(17-9-11-19(12-10-17)18-7-5-4-6-8-18)26-15-24-27-21-14-23(31-3)22(30-2)13-20(21)25(29)28-24/h4-14,16,26H,15H2,1-3H3,(H,27,28,29)/t16-/m1/s1. The molecule has 4 rings (SSSR count). The number of aromatic amines is 1. The average molecular weight is 415 g/mol. The van der Waals surface area contributed by atoms with Gasteiger partial charge in [-0.3, -0.25) is 4.79 Å². The molecule has 1 heterocycles. The van der Waals surface area contributed by atoms with Crippen molar-refractivity contribution in [2.75, 3.05) is 14.2 Å². The molecule has 31 heavy (non-hydrogen) atoms. The van der Waals surface area contributed by atoms with Gasteiger partial charge in [0, 0.05) is 12.1 Å². The maximum Gasteiger partial charge on any atom is 0.258 e. The van der Waals surface area contributed by atoms with Crippen LogP contribution in [0.2, 0.25) is 0 Å². The van der Waals surface area contributed by atoms with Crippen molar-refractivity contribution < 1.29 is 9.47 Å². The molecular weight excluding hydrogens is 390 g/mol. The summed E-state index contributed by atoms with van der Waals surface area (Å²) in [4.78, 5) is 20.0. The van der Waals surface area contributed by atoms with E-state index in [9.17, 15) is 4.79 Å². The zero-order valence-electron chi connectivity index (χ0n) is 17.8. The van der Waals surface area contributed by atoms with E-state index < -0.39 is 0 Å². The summed E-state index contributed by atoms with van der Waals surface area (Å²) in [6.45, 7) is 2.52. The first-order chi connectivity index (χ1) is 15.1. The summed E-state index contributed by atoms with van der Waals surface area (Å²) < 4.78 is 10.6. The van der Waals surface area contributed by atoms with Crippen LogP contribution in [-0.4, -0.2) is 24.2 Å². The molecule has 0 spiro atoms. The van der Waals surface area contributed by atoms with Gasteiger partial charge in [-0.2, -0.15) is 0 Å². The lowest BCUT2D eigenvalue weighted by atomic mass is 10.0. The van der Waals surface area contributed by atoms with Crippen molar-refractivity contribution in [1.82, 2.24) is 15.3 Å². The van der Waals surface area contributed by atoms with Crippen molar-refractivity contribution >= 4 is 10.9 Å². The number of H-pyrrole nitrogens is 1. The summed E-state index contributed by atoms with van der Waals surface area (Å²) in [5.74, 6) is 1.61. The Labute approximate surface area is 180 Å². The molecule has 0 aliphatic carbocycles. The number of aromatic nitrogens is 2. The van der Waals surface area contributed by atoms with Crippen LogP contribution < -0.4 is 20.3 Å². The van der Waals surface area contributed by atoms with E-state index in [0.717, 1.165) is 5.56 Å². The highest BCUT2D eigenvalue weighted by Crippen LogP contribution is 2.30. The highest BCUT2D eigenvalue weighted by Gasteiger charge is 2.12. The molecule has 0 aliphatic rings. The van der Waals surface area contributed by atoms with Crippen LogP contribution in [0, 0.1) is 0 Å². The van der Waals surface area contributed by atoms with Crippen molar-refractivity contribution in [1.29, 1.82) is 0 Å². The van der Waals surface area contributed by atoms with Gasteiger partial charge in [-0.1, -0.05) is 54.6 Å². The lowest BCUT2D eigenvalue weighted by molar-refractivity contribution is 0.355. The highest BCUT2D eigenvalue weighted by atomic mass is 16.5. The summed E-state index contributed by atoms with van der Waals surface area (Å²) >= 11 is 0. The Bertz CT molecular complexity index is 1230. The van der Waals surface area contributed by atoms with Crippen molar-refractivity contribution in [2.45, 2.75) is 19.5 Å². The number of methoxy groups -OCH3 is 2. The van der Waals surface area contributed by atoms with Crippen LogP contribution in [0.3, 0.4) is 0 Å². The lowest BCUT2D eigenvalue weighted by Gasteiger charge is -2.15. The molecule has 3 aromatic carbocycles. The fourth-order valence-electron chi connectivity index (χ4n) is 3.56. The summed E-state index contributed by atoms with van der Waals surface area (Å²) in [7, 11) is 3.10. The molecule has 4 aromatic rings. The number of hydrogen-bond acceptors (Lipinski definition) is 5. The number of hydrogen-bond donors (Lipinski definition) is 2. The summed E-state index contributed by atoms with van der Waals surface area (Å²) in [6.07, 6.45) is 0. The molecule has 0 fully saturated rings. The Morgan fingerprint density at radius 2 is 1.58 bits per heavy atom. The Morgan fingerprint density at radius 3 is 2.26 bits per heavy atom. The number of rotatable bonds is 7. The molecule has 0 radical (unpaired) electrons. The predicted octanol–water partition coefficient (Wildman–Crippen LogP) is 4.46. The fraction of sp³-hybridized carbons (Fsp3) is 0.200. The zero-order chi connectivity index (χ0) is 21.8. The molecule has 158 valence electrons. The Balaban J connectivity index is 1.50. The van der Waals surface area contributed by atoms with Crippen LogP contribution >= 0.6 is 0 Å². The van der Waals surface area contributed by atoms with E-state index in [4.69, 9.17) is 9.47 Å². The van der Waals surface area contributed by atoms with E-state index in [1.807, 2.05) is 18.2 Å². The molecule has 0 amide bonds.